The van der Waals surface area contributed by atoms with E-state index in [9.17, 15) is 13.6 Å². The molecule has 1 aromatic carbocycles. The average Bonchev–Trinajstić information content (AvgIpc) is 2.15. The van der Waals surface area contributed by atoms with Crippen LogP contribution in [0.5, 0.6) is 5.75 Å². The van der Waals surface area contributed by atoms with E-state index < -0.39 is 17.8 Å². The Kier molecular flexibility index (Phi) is 3.00. The first kappa shape index (κ1) is 11.1. The summed E-state index contributed by atoms with van der Waals surface area (Å²) in [6.07, 6.45) is -2.92. The molecule has 0 unspecified atom stereocenters. The quantitative estimate of drug-likeness (QED) is 0.764. The largest absolute Gasteiger partial charge is 0.508 e. The number of aromatic hydroxyl groups is 1. The fourth-order valence-corrected chi connectivity index (χ4v) is 1.26. The Labute approximate surface area is 84.6 Å². The molecular formula is C10H7F2NO2. The van der Waals surface area contributed by atoms with Gasteiger partial charge in [-0.15, -0.1) is 0 Å². The molecule has 5 heteroatoms. The maximum absolute atomic E-state index is 12.6. The number of ketones is 1. The van der Waals surface area contributed by atoms with Gasteiger partial charge in [0, 0.05) is 11.1 Å². The molecule has 0 saturated heterocycles. The number of carbonyl (C=O) groups excluding carboxylic acids is 1. The van der Waals surface area contributed by atoms with Crippen LogP contribution in [0.25, 0.3) is 0 Å². The number of alkyl halides is 2. The summed E-state index contributed by atoms with van der Waals surface area (Å²) in [5.74, 6) is -0.987. The van der Waals surface area contributed by atoms with Crippen LogP contribution in [-0.4, -0.2) is 10.9 Å². The second-order valence-electron chi connectivity index (χ2n) is 2.92. The first-order valence-electron chi connectivity index (χ1n) is 4.03. The van der Waals surface area contributed by atoms with E-state index in [1.807, 2.05) is 0 Å². The molecule has 0 fully saturated rings. The van der Waals surface area contributed by atoms with Gasteiger partial charge >= 0.3 is 0 Å². The maximum Gasteiger partial charge on any atom is 0.265 e. The molecule has 78 valence electrons. The maximum atomic E-state index is 12.6. The van der Waals surface area contributed by atoms with Crippen LogP contribution in [0.4, 0.5) is 8.78 Å². The monoisotopic (exact) mass is 211 g/mol. The third-order valence-corrected chi connectivity index (χ3v) is 1.88. The van der Waals surface area contributed by atoms with Crippen LogP contribution < -0.4 is 0 Å². The molecule has 0 aliphatic heterocycles. The van der Waals surface area contributed by atoms with Crippen molar-refractivity contribution in [3.05, 3.63) is 28.8 Å². The van der Waals surface area contributed by atoms with E-state index in [2.05, 4.69) is 0 Å². The minimum Gasteiger partial charge on any atom is -0.508 e. The molecule has 0 atom stereocenters. The molecule has 1 rings (SSSR count). The van der Waals surface area contributed by atoms with E-state index in [0.29, 0.717) is 0 Å². The van der Waals surface area contributed by atoms with E-state index in [1.165, 1.54) is 6.07 Å². The highest BCUT2D eigenvalue weighted by atomic mass is 19.3. The highest BCUT2D eigenvalue weighted by Gasteiger charge is 2.21. The summed E-state index contributed by atoms with van der Waals surface area (Å²) >= 11 is 0. The number of Topliss-reactive ketones (excluding diaryl/α,β-unsaturated/α-hetero) is 1. The summed E-state index contributed by atoms with van der Waals surface area (Å²) in [6, 6.07) is 3.37. The Bertz CT molecular complexity index is 449. The van der Waals surface area contributed by atoms with Crippen LogP contribution in [0.1, 0.15) is 34.8 Å². The number of benzene rings is 1. The molecule has 0 spiro atoms. The fraction of sp³-hybridized carbons (Fsp3) is 0.200. The van der Waals surface area contributed by atoms with Crippen LogP contribution in [0.3, 0.4) is 0 Å². The Balaban J connectivity index is 3.56. The standard InChI is InChI=1S/C10H7F2NO2/c1-5(14)8-3-7(15)2-6(4-13)9(8)10(11)12/h2-3,10,15H,1H3. The number of phenols is 1. The minimum absolute atomic E-state index is 0.318. The average molecular weight is 211 g/mol. The third-order valence-electron chi connectivity index (χ3n) is 1.88. The summed E-state index contributed by atoms with van der Waals surface area (Å²) in [5, 5.41) is 17.7. The van der Waals surface area contributed by atoms with Crippen molar-refractivity contribution < 1.29 is 18.7 Å². The van der Waals surface area contributed by atoms with Gasteiger partial charge in [0.05, 0.1) is 11.6 Å². The van der Waals surface area contributed by atoms with Crippen LogP contribution >= 0.6 is 0 Å². The Hall–Kier alpha value is -1.96. The molecule has 0 radical (unpaired) electrons. The van der Waals surface area contributed by atoms with E-state index in [1.54, 1.807) is 0 Å². The molecule has 0 amide bonds. The Morgan fingerprint density at radius 3 is 2.53 bits per heavy atom. The topological polar surface area (TPSA) is 61.1 Å². The lowest BCUT2D eigenvalue weighted by molar-refractivity contribution is 0.0998. The van der Waals surface area contributed by atoms with Gasteiger partial charge in [-0.05, 0) is 19.1 Å². The molecule has 3 nitrogen and oxygen atoms in total. The minimum atomic E-state index is -2.92. The SMILES string of the molecule is CC(=O)c1cc(O)cc(C#N)c1C(F)F. The van der Waals surface area contributed by atoms with Crippen LogP contribution in [0.15, 0.2) is 12.1 Å². The first-order chi connectivity index (χ1) is 6.97. The molecule has 1 aromatic rings. The zero-order valence-electron chi connectivity index (χ0n) is 7.79. The summed E-state index contributed by atoms with van der Waals surface area (Å²) in [7, 11) is 0. The number of nitrogens with zero attached hydrogens (tertiary/aromatic N) is 1. The molecule has 0 aromatic heterocycles. The van der Waals surface area contributed by atoms with Crippen molar-refractivity contribution in [3.8, 4) is 11.8 Å². The van der Waals surface area contributed by atoms with E-state index in [-0.39, 0.29) is 16.9 Å². The van der Waals surface area contributed by atoms with Crippen molar-refractivity contribution in [2.75, 3.05) is 0 Å². The van der Waals surface area contributed by atoms with Gasteiger partial charge in [-0.25, -0.2) is 8.78 Å². The van der Waals surface area contributed by atoms with Gasteiger partial charge in [-0.3, -0.25) is 4.79 Å². The normalized spacial score (nSPS) is 10.1. The molecular weight excluding hydrogens is 204 g/mol. The van der Waals surface area contributed by atoms with Crippen molar-refractivity contribution in [1.29, 1.82) is 5.26 Å². The number of hydrogen-bond donors (Lipinski definition) is 1. The Morgan fingerprint density at radius 2 is 2.13 bits per heavy atom. The zero-order valence-corrected chi connectivity index (χ0v) is 7.79. The molecule has 0 saturated carbocycles. The van der Waals surface area contributed by atoms with Gasteiger partial charge in [-0.2, -0.15) is 5.26 Å². The lowest BCUT2D eigenvalue weighted by Gasteiger charge is -2.08. The van der Waals surface area contributed by atoms with E-state index >= 15 is 0 Å². The predicted molar refractivity (Wildman–Crippen MR) is 47.8 cm³/mol. The second-order valence-corrected chi connectivity index (χ2v) is 2.92. The Morgan fingerprint density at radius 1 is 1.53 bits per heavy atom. The van der Waals surface area contributed by atoms with Crippen molar-refractivity contribution >= 4 is 5.78 Å². The summed E-state index contributed by atoms with van der Waals surface area (Å²) in [4.78, 5) is 11.0. The zero-order chi connectivity index (χ0) is 11.6. The highest BCUT2D eigenvalue weighted by Crippen LogP contribution is 2.30. The highest BCUT2D eigenvalue weighted by molar-refractivity contribution is 5.96. The number of carbonyl (C=O) groups is 1. The second kappa shape index (κ2) is 4.05. The van der Waals surface area contributed by atoms with Crippen molar-refractivity contribution in [2.45, 2.75) is 13.3 Å². The van der Waals surface area contributed by atoms with Crippen molar-refractivity contribution in [2.24, 2.45) is 0 Å². The van der Waals surface area contributed by atoms with Gasteiger partial charge in [-0.1, -0.05) is 0 Å². The number of halogens is 2. The van der Waals surface area contributed by atoms with Crippen LogP contribution in [0.2, 0.25) is 0 Å². The number of hydrogen-bond acceptors (Lipinski definition) is 3. The number of phenolic OH excluding ortho intramolecular Hbond substituents is 1. The van der Waals surface area contributed by atoms with E-state index in [0.717, 1.165) is 19.1 Å². The molecule has 1 N–H and O–H groups in total. The summed E-state index contributed by atoms with van der Waals surface area (Å²) in [5.41, 5.74) is -1.32. The van der Waals surface area contributed by atoms with E-state index in [4.69, 9.17) is 10.4 Å². The third kappa shape index (κ3) is 2.10. The molecule has 0 aliphatic carbocycles. The fourth-order valence-electron chi connectivity index (χ4n) is 1.26. The van der Waals surface area contributed by atoms with Gasteiger partial charge in [0.1, 0.15) is 5.75 Å². The smallest absolute Gasteiger partial charge is 0.265 e. The molecule has 0 bridgehead atoms. The van der Waals surface area contributed by atoms with Crippen molar-refractivity contribution in [3.63, 3.8) is 0 Å². The van der Waals surface area contributed by atoms with Gasteiger partial charge < -0.3 is 5.11 Å². The lowest BCUT2D eigenvalue weighted by atomic mass is 9.99. The number of nitriles is 1. The first-order valence-corrected chi connectivity index (χ1v) is 4.03. The molecule has 0 heterocycles. The summed E-state index contributed by atoms with van der Waals surface area (Å²) in [6.45, 7) is 1.10. The predicted octanol–water partition coefficient (Wildman–Crippen LogP) is 2.40. The molecule has 0 aliphatic rings. The molecule has 15 heavy (non-hydrogen) atoms. The van der Waals surface area contributed by atoms with Gasteiger partial charge in [0.15, 0.2) is 5.78 Å². The van der Waals surface area contributed by atoms with Gasteiger partial charge in [0.25, 0.3) is 6.43 Å². The number of rotatable bonds is 2. The lowest BCUT2D eigenvalue weighted by Crippen LogP contribution is -2.03. The van der Waals surface area contributed by atoms with Crippen LogP contribution in [-0.2, 0) is 0 Å². The van der Waals surface area contributed by atoms with Crippen LogP contribution in [0, 0.1) is 11.3 Å². The van der Waals surface area contributed by atoms with Crippen molar-refractivity contribution in [1.82, 2.24) is 0 Å². The van der Waals surface area contributed by atoms with Gasteiger partial charge in [0.2, 0.25) is 0 Å². The summed E-state index contributed by atoms with van der Waals surface area (Å²) < 4.78 is 25.2.